The standard InChI is InChI=1S/C24H24ClNO3/c1-15-5-6-16(2)22(11-15)26-24(27)18-7-10-23(28-4)19(13-18)14-29-20-8-9-21(25)17(3)12-20/h5-13H,14H2,1-4H3,(H,26,27). The van der Waals surface area contributed by atoms with Gasteiger partial charge in [-0.1, -0.05) is 23.7 Å². The number of rotatable bonds is 6. The van der Waals surface area contributed by atoms with E-state index in [0.29, 0.717) is 22.1 Å². The molecule has 0 radical (unpaired) electrons. The van der Waals surface area contributed by atoms with E-state index in [1.807, 2.05) is 51.1 Å². The number of carbonyl (C=O) groups is 1. The maximum absolute atomic E-state index is 12.8. The van der Waals surface area contributed by atoms with Gasteiger partial charge in [-0.2, -0.15) is 0 Å². The monoisotopic (exact) mass is 409 g/mol. The fourth-order valence-electron chi connectivity index (χ4n) is 2.97. The highest BCUT2D eigenvalue weighted by Gasteiger charge is 2.13. The first-order valence-electron chi connectivity index (χ1n) is 9.32. The molecule has 0 aliphatic heterocycles. The molecule has 150 valence electrons. The zero-order chi connectivity index (χ0) is 21.0. The molecule has 0 atom stereocenters. The summed E-state index contributed by atoms with van der Waals surface area (Å²) in [6.45, 7) is 6.16. The van der Waals surface area contributed by atoms with Crippen molar-refractivity contribution in [3.05, 3.63) is 87.4 Å². The van der Waals surface area contributed by atoms with E-state index >= 15 is 0 Å². The first kappa shape index (κ1) is 20.7. The molecule has 0 unspecified atom stereocenters. The van der Waals surface area contributed by atoms with Crippen LogP contribution in [0.4, 0.5) is 5.69 Å². The molecule has 3 rings (SSSR count). The van der Waals surface area contributed by atoms with Gasteiger partial charge in [0.15, 0.2) is 0 Å². The Morgan fingerprint density at radius 3 is 2.48 bits per heavy atom. The van der Waals surface area contributed by atoms with Gasteiger partial charge in [0, 0.05) is 21.8 Å². The number of hydrogen-bond acceptors (Lipinski definition) is 3. The van der Waals surface area contributed by atoms with Crippen molar-refractivity contribution in [2.45, 2.75) is 27.4 Å². The second kappa shape index (κ2) is 9.01. The number of aryl methyl sites for hydroxylation is 3. The van der Waals surface area contributed by atoms with Gasteiger partial charge in [-0.25, -0.2) is 0 Å². The van der Waals surface area contributed by atoms with Crippen LogP contribution in [0.3, 0.4) is 0 Å². The van der Waals surface area contributed by atoms with E-state index in [9.17, 15) is 4.79 Å². The third kappa shape index (κ3) is 5.09. The zero-order valence-corrected chi connectivity index (χ0v) is 17.8. The Bertz CT molecular complexity index is 1050. The molecular formula is C24H24ClNO3. The summed E-state index contributed by atoms with van der Waals surface area (Å²) in [5.41, 5.74) is 5.18. The molecular weight excluding hydrogens is 386 g/mol. The van der Waals surface area contributed by atoms with E-state index in [0.717, 1.165) is 27.9 Å². The van der Waals surface area contributed by atoms with Crippen LogP contribution in [0.5, 0.6) is 11.5 Å². The molecule has 0 bridgehead atoms. The summed E-state index contributed by atoms with van der Waals surface area (Å²) in [6, 6.07) is 16.8. The Balaban J connectivity index is 1.79. The van der Waals surface area contributed by atoms with Gasteiger partial charge in [-0.05, 0) is 79.9 Å². The van der Waals surface area contributed by atoms with Crippen LogP contribution in [0.15, 0.2) is 54.6 Å². The highest BCUT2D eigenvalue weighted by atomic mass is 35.5. The van der Waals surface area contributed by atoms with Gasteiger partial charge in [0.1, 0.15) is 18.1 Å². The van der Waals surface area contributed by atoms with Crippen molar-refractivity contribution in [2.75, 3.05) is 12.4 Å². The largest absolute Gasteiger partial charge is 0.496 e. The van der Waals surface area contributed by atoms with Crippen molar-refractivity contribution in [2.24, 2.45) is 0 Å². The molecule has 0 saturated heterocycles. The summed E-state index contributed by atoms with van der Waals surface area (Å²) in [4.78, 5) is 12.8. The van der Waals surface area contributed by atoms with Crippen LogP contribution in [0.25, 0.3) is 0 Å². The number of anilines is 1. The van der Waals surface area contributed by atoms with Crippen molar-refractivity contribution in [1.82, 2.24) is 0 Å². The minimum Gasteiger partial charge on any atom is -0.496 e. The maximum atomic E-state index is 12.8. The number of hydrogen-bond donors (Lipinski definition) is 1. The summed E-state index contributed by atoms with van der Waals surface area (Å²) >= 11 is 6.07. The quantitative estimate of drug-likeness (QED) is 0.534. The van der Waals surface area contributed by atoms with E-state index in [-0.39, 0.29) is 12.5 Å². The SMILES string of the molecule is COc1ccc(C(=O)Nc2cc(C)ccc2C)cc1COc1ccc(Cl)c(C)c1. The number of amides is 1. The number of methoxy groups -OCH3 is 1. The van der Waals surface area contributed by atoms with Crippen molar-refractivity contribution < 1.29 is 14.3 Å². The number of ether oxygens (including phenoxy) is 2. The molecule has 0 heterocycles. The smallest absolute Gasteiger partial charge is 0.255 e. The van der Waals surface area contributed by atoms with Gasteiger partial charge < -0.3 is 14.8 Å². The molecule has 0 saturated carbocycles. The Hall–Kier alpha value is -2.98. The first-order chi connectivity index (χ1) is 13.9. The topological polar surface area (TPSA) is 47.6 Å². The number of benzene rings is 3. The summed E-state index contributed by atoms with van der Waals surface area (Å²) < 4.78 is 11.3. The molecule has 29 heavy (non-hydrogen) atoms. The molecule has 0 aliphatic rings. The molecule has 1 N–H and O–H groups in total. The third-order valence-electron chi connectivity index (χ3n) is 4.71. The average molecular weight is 410 g/mol. The van der Waals surface area contributed by atoms with Gasteiger partial charge in [0.25, 0.3) is 5.91 Å². The summed E-state index contributed by atoms with van der Waals surface area (Å²) in [5.74, 6) is 1.20. The molecule has 0 aromatic heterocycles. The predicted octanol–water partition coefficient (Wildman–Crippen LogP) is 6.11. The molecule has 0 aliphatic carbocycles. The molecule has 1 amide bonds. The Morgan fingerprint density at radius 1 is 0.966 bits per heavy atom. The summed E-state index contributed by atoms with van der Waals surface area (Å²) in [5, 5.41) is 3.68. The van der Waals surface area contributed by atoms with Crippen LogP contribution in [0.1, 0.15) is 32.6 Å². The third-order valence-corrected chi connectivity index (χ3v) is 5.13. The van der Waals surface area contributed by atoms with Crippen LogP contribution in [0, 0.1) is 20.8 Å². The Morgan fingerprint density at radius 2 is 1.76 bits per heavy atom. The fourth-order valence-corrected chi connectivity index (χ4v) is 3.08. The van der Waals surface area contributed by atoms with Crippen LogP contribution in [-0.2, 0) is 6.61 Å². The minimum absolute atomic E-state index is 0.176. The lowest BCUT2D eigenvalue weighted by molar-refractivity contribution is 0.102. The van der Waals surface area contributed by atoms with Crippen LogP contribution < -0.4 is 14.8 Å². The number of halogens is 1. The zero-order valence-electron chi connectivity index (χ0n) is 17.0. The summed E-state index contributed by atoms with van der Waals surface area (Å²) in [6.07, 6.45) is 0. The molecule has 3 aromatic rings. The highest BCUT2D eigenvalue weighted by molar-refractivity contribution is 6.31. The van der Waals surface area contributed by atoms with Gasteiger partial charge in [0.2, 0.25) is 0 Å². The van der Waals surface area contributed by atoms with Gasteiger partial charge in [0.05, 0.1) is 7.11 Å². The molecule has 0 fully saturated rings. The number of nitrogens with one attached hydrogen (secondary N) is 1. The van der Waals surface area contributed by atoms with Gasteiger partial charge in [-0.3, -0.25) is 4.79 Å². The van der Waals surface area contributed by atoms with Crippen LogP contribution in [-0.4, -0.2) is 13.0 Å². The van der Waals surface area contributed by atoms with Gasteiger partial charge in [-0.15, -0.1) is 0 Å². The van der Waals surface area contributed by atoms with Crippen LogP contribution >= 0.6 is 11.6 Å². The van der Waals surface area contributed by atoms with E-state index in [1.165, 1.54) is 0 Å². The first-order valence-corrected chi connectivity index (χ1v) is 9.69. The van der Waals surface area contributed by atoms with E-state index in [1.54, 1.807) is 31.4 Å². The maximum Gasteiger partial charge on any atom is 0.255 e. The number of carbonyl (C=O) groups excluding carboxylic acids is 1. The highest BCUT2D eigenvalue weighted by Crippen LogP contribution is 2.26. The lowest BCUT2D eigenvalue weighted by Gasteiger charge is -2.14. The molecule has 5 heteroatoms. The van der Waals surface area contributed by atoms with E-state index < -0.39 is 0 Å². The lowest BCUT2D eigenvalue weighted by Crippen LogP contribution is -2.13. The summed E-state index contributed by atoms with van der Waals surface area (Å²) in [7, 11) is 1.60. The lowest BCUT2D eigenvalue weighted by atomic mass is 10.1. The van der Waals surface area contributed by atoms with Crippen molar-refractivity contribution in [3.8, 4) is 11.5 Å². The van der Waals surface area contributed by atoms with Crippen LogP contribution in [0.2, 0.25) is 5.02 Å². The van der Waals surface area contributed by atoms with Crippen molar-refractivity contribution in [3.63, 3.8) is 0 Å². The van der Waals surface area contributed by atoms with Gasteiger partial charge >= 0.3 is 0 Å². The molecule has 0 spiro atoms. The van der Waals surface area contributed by atoms with Crippen molar-refractivity contribution >= 4 is 23.2 Å². The Labute approximate surface area is 176 Å². The second-order valence-electron chi connectivity index (χ2n) is 7.00. The predicted molar refractivity (Wildman–Crippen MR) is 117 cm³/mol. The average Bonchev–Trinajstić information content (AvgIpc) is 2.71. The molecule has 4 nitrogen and oxygen atoms in total. The van der Waals surface area contributed by atoms with E-state index in [2.05, 4.69) is 5.32 Å². The minimum atomic E-state index is -0.176. The van der Waals surface area contributed by atoms with E-state index in [4.69, 9.17) is 21.1 Å². The Kier molecular flexibility index (Phi) is 6.45. The normalized spacial score (nSPS) is 10.5. The fraction of sp³-hybridized carbons (Fsp3) is 0.208. The van der Waals surface area contributed by atoms with Crippen molar-refractivity contribution in [1.29, 1.82) is 0 Å². The second-order valence-corrected chi connectivity index (χ2v) is 7.41. The molecule has 3 aromatic carbocycles.